The topological polar surface area (TPSA) is 577 Å². The molecule has 0 aliphatic heterocycles. The lowest BCUT2D eigenvalue weighted by Gasteiger charge is -2.16. The van der Waals surface area contributed by atoms with E-state index in [0.29, 0.717) is 0 Å². The van der Waals surface area contributed by atoms with E-state index in [4.69, 9.17) is 15.3 Å². The van der Waals surface area contributed by atoms with Crippen LogP contribution in [0.25, 0.3) is 21.5 Å². The van der Waals surface area contributed by atoms with E-state index in [-0.39, 0.29) is 137 Å². The Labute approximate surface area is 524 Å². The number of phenolic OH excluding ortho intramolecular Hbond substituents is 2. The average Bonchev–Trinajstić information content (AvgIpc) is 0.764. The average molecular weight is 1360 g/mol. The van der Waals surface area contributed by atoms with Gasteiger partial charge in [0.05, 0.1) is 94.4 Å². The summed E-state index contributed by atoms with van der Waals surface area (Å²) >= 11 is 0.421. The molecule has 0 radical (unpaired) electrons. The lowest BCUT2D eigenvalue weighted by Crippen LogP contribution is -2.08. The third-order valence-corrected chi connectivity index (χ3v) is 15.1. The highest BCUT2D eigenvalue weighted by atomic mass is 32.2. The van der Waals surface area contributed by atoms with Gasteiger partial charge >= 0.3 is 23.9 Å². The van der Waals surface area contributed by atoms with Crippen molar-refractivity contribution in [1.29, 1.82) is 0 Å². The minimum atomic E-state index is -5.04. The van der Waals surface area contributed by atoms with Gasteiger partial charge in [-0.25, -0.2) is 29.7 Å². The molecule has 0 unspecified atom stereocenters. The molecule has 14 N–H and O–H groups in total. The van der Waals surface area contributed by atoms with Gasteiger partial charge in [-0.1, -0.05) is 10.1 Å². The molecular weight excluding hydrogens is 1320 g/mol. The number of ether oxygens (including phenoxy) is 1. The van der Waals surface area contributed by atoms with Crippen LogP contribution in [0.3, 0.4) is 0 Å². The molecule has 0 amide bonds. The lowest BCUT2D eigenvalue weighted by atomic mass is 10.1. The first-order chi connectivity index (χ1) is 44.1. The van der Waals surface area contributed by atoms with Crippen molar-refractivity contribution in [2.24, 2.45) is 20.5 Å². The fraction of sp³-hybridized carbons (Fsp3) is 0.0392. The van der Waals surface area contributed by atoms with E-state index in [2.05, 4.69) is 90.4 Å². The van der Waals surface area contributed by atoms with Crippen LogP contribution in [0, 0.1) is 13.8 Å². The fourth-order valence-electron chi connectivity index (χ4n) is 8.42. The van der Waals surface area contributed by atoms with Crippen LogP contribution in [-0.4, -0.2) is 127 Å². The number of anilines is 8. The fourth-order valence-corrected chi connectivity index (χ4v) is 10.5. The lowest BCUT2D eigenvalue weighted by molar-refractivity contribution is -0.432. The Kier molecular flexibility index (Phi) is 19.5. The van der Waals surface area contributed by atoms with Crippen molar-refractivity contribution >= 4 is 166 Å². The van der Waals surface area contributed by atoms with Crippen molar-refractivity contribution < 1.29 is 115 Å². The summed E-state index contributed by atoms with van der Waals surface area (Å²) in [6.07, 6.45) is 0. The first-order valence-corrected chi connectivity index (χ1v) is 29.2. The Bertz CT molecular complexity index is 4830. The molecule has 7 aromatic carbocycles. The second kappa shape index (κ2) is 27.4. The first kappa shape index (κ1) is 66.1. The number of rotatable bonds is 26. The summed E-state index contributed by atoms with van der Waals surface area (Å²) in [5.41, 5.74) is -4.16. The Balaban J connectivity index is 1.04. The number of benzene rings is 7. The van der Waals surface area contributed by atoms with Gasteiger partial charge in [-0.05, 0) is 110 Å². The maximum atomic E-state index is 12.6. The number of carboxylic acids is 4. The number of fused-ring (bicyclic) bond motifs is 2. The standard InChI is InChI=1S/C51H36N14O24S4/c1-19-52-48(60-50(54-19)58-33-16-30(92(79,80)81)11-21-13-36(90-88-86-77)40(42(67)38(21)33)64-62-28-7-23(44(69)70)5-24(8-28)45(71)72)56-27-3-4-32(35(15-27)85-18-66)57-49-53-20(2)55-51(61-49)59-34-17-31(93(82,83)84)12-22-14-37(91-89-87-78)41(43(68)39(22)34)65-63-29-9-25(46(73)74)6-26(10-29)47(75)76/h3-18,67-68,77-78H,1-2H3,(H,69,70)(H,71,72)(H,73,74)(H,75,76)(H,79,80,81)(H,82,83,84)(H2,52,54,56,58,60)(H2,53,55,57,59,61). The summed E-state index contributed by atoms with van der Waals surface area (Å²) < 4.78 is 85.2. The monoisotopic (exact) mass is 1360 g/mol. The molecule has 0 bridgehead atoms. The number of azo groups is 2. The molecule has 0 aliphatic carbocycles. The zero-order chi connectivity index (χ0) is 67.2. The maximum absolute atomic E-state index is 12.6. The number of aromatic hydroxyl groups is 2. The SMILES string of the molecule is Cc1nc(Nc2ccc(Nc3nc(C)nc(Nc4cc(S(=O)(=O)O)cc5cc(SOOO)c(N=Nc6cc(C(=O)O)cc(C(=O)O)c6)c(O)c45)n3)c(OC=O)c2)nc(Nc2cc(S(=O)(=O)O)cc3cc(SOOO)c(N=Nc4cc(C(=O)O)cc(C(=O)O)c4)c(O)c23)n1. The molecule has 0 saturated carbocycles. The van der Waals surface area contributed by atoms with Gasteiger partial charge in [0.15, 0.2) is 17.2 Å². The Morgan fingerprint density at radius 2 is 0.871 bits per heavy atom. The van der Waals surface area contributed by atoms with Crippen LogP contribution in [-0.2, 0) is 43.8 Å². The van der Waals surface area contributed by atoms with Crippen molar-refractivity contribution in [3.8, 4) is 17.2 Å². The van der Waals surface area contributed by atoms with Crippen LogP contribution in [0.2, 0.25) is 0 Å². The van der Waals surface area contributed by atoms with Crippen molar-refractivity contribution in [2.75, 3.05) is 21.3 Å². The normalized spacial score (nSPS) is 11.7. The molecule has 38 nitrogen and oxygen atoms in total. The smallest absolute Gasteiger partial charge is 0.335 e. The van der Waals surface area contributed by atoms with E-state index in [1.165, 1.54) is 32.0 Å². The van der Waals surface area contributed by atoms with Crippen LogP contribution in [0.15, 0.2) is 131 Å². The van der Waals surface area contributed by atoms with Gasteiger partial charge in [-0.3, -0.25) is 13.9 Å². The van der Waals surface area contributed by atoms with Gasteiger partial charge in [0.1, 0.15) is 23.0 Å². The molecule has 0 aliphatic rings. The minimum Gasteiger partial charge on any atom is -0.505 e. The van der Waals surface area contributed by atoms with E-state index in [1.54, 1.807) is 0 Å². The van der Waals surface area contributed by atoms with Crippen molar-refractivity contribution in [2.45, 2.75) is 33.4 Å². The highest BCUT2D eigenvalue weighted by Crippen LogP contribution is 2.50. The number of aromatic carboxylic acids is 4. The molecule has 9 aromatic rings. The highest BCUT2D eigenvalue weighted by Gasteiger charge is 2.26. The number of phenols is 2. The van der Waals surface area contributed by atoms with Crippen LogP contribution in [0.1, 0.15) is 53.1 Å². The third kappa shape index (κ3) is 15.7. The van der Waals surface area contributed by atoms with E-state index >= 15 is 0 Å². The van der Waals surface area contributed by atoms with Gasteiger partial charge in [0.2, 0.25) is 23.8 Å². The molecule has 93 heavy (non-hydrogen) atoms. The Hall–Kier alpha value is -11.3. The van der Waals surface area contributed by atoms with E-state index in [1.807, 2.05) is 0 Å². The van der Waals surface area contributed by atoms with E-state index in [0.717, 1.165) is 72.8 Å². The predicted molar refractivity (Wildman–Crippen MR) is 317 cm³/mol. The van der Waals surface area contributed by atoms with E-state index in [9.17, 15) is 80.6 Å². The van der Waals surface area contributed by atoms with Gasteiger partial charge in [-0.2, -0.15) is 57.0 Å². The number of carbonyl (C=O) groups is 5. The third-order valence-electron chi connectivity index (χ3n) is 12.2. The minimum absolute atomic E-state index is 0.00781. The Morgan fingerprint density at radius 3 is 1.23 bits per heavy atom. The van der Waals surface area contributed by atoms with Crippen LogP contribution in [0.4, 0.5) is 69.3 Å². The molecule has 478 valence electrons. The summed E-state index contributed by atoms with van der Waals surface area (Å²) in [5, 5.41) is 113. The highest BCUT2D eigenvalue weighted by molar-refractivity contribution is 7.95. The predicted octanol–water partition coefficient (Wildman–Crippen LogP) is 9.87. The van der Waals surface area contributed by atoms with E-state index < -0.39 is 99.0 Å². The zero-order valence-corrected chi connectivity index (χ0v) is 49.3. The van der Waals surface area contributed by atoms with Gasteiger partial charge in [0, 0.05) is 22.5 Å². The second-order valence-corrected chi connectivity index (χ2v) is 22.7. The van der Waals surface area contributed by atoms with Crippen molar-refractivity contribution in [3.63, 3.8) is 0 Å². The summed E-state index contributed by atoms with van der Waals surface area (Å²) in [5.74, 6) is -9.09. The molecule has 0 atom stereocenters. The summed E-state index contributed by atoms with van der Waals surface area (Å²) in [6, 6.07) is 15.5. The molecule has 0 saturated heterocycles. The molecular formula is C51H36N14O24S4. The summed E-state index contributed by atoms with van der Waals surface area (Å²) in [7, 11) is -10.1. The van der Waals surface area contributed by atoms with Gasteiger partial charge in [-0.15, -0.1) is 18.9 Å². The first-order valence-electron chi connectivity index (χ1n) is 24.9. The molecule has 9 rings (SSSR count). The maximum Gasteiger partial charge on any atom is 0.335 e. The van der Waals surface area contributed by atoms with Crippen LogP contribution in [0.5, 0.6) is 17.2 Å². The van der Waals surface area contributed by atoms with Crippen LogP contribution < -0.4 is 26.0 Å². The van der Waals surface area contributed by atoms with Crippen molar-refractivity contribution in [1.82, 2.24) is 29.9 Å². The number of hydrogen-bond acceptors (Lipinski definition) is 34. The number of nitrogens with one attached hydrogen (secondary N) is 4. The number of nitrogens with zero attached hydrogens (tertiary/aromatic N) is 10. The molecule has 2 heterocycles. The second-order valence-electron chi connectivity index (χ2n) is 18.3. The number of carbonyl (C=O) groups excluding carboxylic acids is 1. The number of aryl methyl sites for hydroxylation is 2. The van der Waals surface area contributed by atoms with Crippen LogP contribution >= 0.6 is 24.1 Å². The number of hydrogen-bond donors (Lipinski definition) is 14. The molecule has 0 spiro atoms. The Morgan fingerprint density at radius 1 is 0.495 bits per heavy atom. The number of carboxylic acid groups (broad SMARTS) is 4. The van der Waals surface area contributed by atoms with Gasteiger partial charge < -0.3 is 56.6 Å². The molecule has 0 fully saturated rings. The summed E-state index contributed by atoms with van der Waals surface area (Å²) in [6.45, 7) is 2.90. The zero-order valence-electron chi connectivity index (χ0n) is 46.0. The summed E-state index contributed by atoms with van der Waals surface area (Å²) in [4.78, 5) is 82.8. The number of aromatic nitrogens is 6. The largest absolute Gasteiger partial charge is 0.505 e. The van der Waals surface area contributed by atoms with Crippen molar-refractivity contribution in [3.05, 3.63) is 125 Å². The molecule has 2 aromatic heterocycles. The quantitative estimate of drug-likeness (QED) is 0.00598. The molecule has 42 heteroatoms. The van der Waals surface area contributed by atoms with Gasteiger partial charge in [0.25, 0.3) is 26.7 Å².